The minimum atomic E-state index is -0.933. The Labute approximate surface area is 126 Å². The van der Waals surface area contributed by atoms with Gasteiger partial charge in [0, 0.05) is 6.54 Å². The van der Waals surface area contributed by atoms with Crippen LogP contribution in [0.5, 0.6) is 0 Å². The molecule has 2 aliphatic carbocycles. The van der Waals surface area contributed by atoms with Gasteiger partial charge in [0.15, 0.2) is 0 Å². The van der Waals surface area contributed by atoms with Crippen molar-refractivity contribution in [3.8, 4) is 0 Å². The SMILES string of the molecule is CC(C)(NC(=O)C1CCCC1O)C(=O)NCC1CCCC1. The van der Waals surface area contributed by atoms with Gasteiger partial charge in [0.05, 0.1) is 12.0 Å². The first-order valence-corrected chi connectivity index (χ1v) is 8.18. The fourth-order valence-corrected chi connectivity index (χ4v) is 3.38. The Kier molecular flexibility index (Phi) is 5.25. The molecule has 2 aliphatic rings. The molecule has 120 valence electrons. The lowest BCUT2D eigenvalue weighted by Gasteiger charge is -2.28. The summed E-state index contributed by atoms with van der Waals surface area (Å²) >= 11 is 0. The maximum Gasteiger partial charge on any atom is 0.245 e. The Balaban J connectivity index is 1.81. The van der Waals surface area contributed by atoms with Crippen LogP contribution in [0.2, 0.25) is 0 Å². The molecular weight excluding hydrogens is 268 g/mol. The first kappa shape index (κ1) is 16.3. The van der Waals surface area contributed by atoms with Crippen molar-refractivity contribution in [3.63, 3.8) is 0 Å². The fraction of sp³-hybridized carbons (Fsp3) is 0.875. The Morgan fingerprint density at radius 2 is 1.76 bits per heavy atom. The molecule has 0 spiro atoms. The number of aliphatic hydroxyl groups is 1. The molecule has 0 aromatic heterocycles. The minimum absolute atomic E-state index is 0.143. The predicted molar refractivity (Wildman–Crippen MR) is 80.5 cm³/mol. The fourth-order valence-electron chi connectivity index (χ4n) is 3.38. The zero-order valence-corrected chi connectivity index (χ0v) is 13.2. The van der Waals surface area contributed by atoms with E-state index in [-0.39, 0.29) is 17.7 Å². The molecule has 0 aromatic carbocycles. The van der Waals surface area contributed by atoms with E-state index in [4.69, 9.17) is 0 Å². The van der Waals surface area contributed by atoms with E-state index < -0.39 is 11.6 Å². The van der Waals surface area contributed by atoms with Crippen molar-refractivity contribution in [2.75, 3.05) is 6.54 Å². The van der Waals surface area contributed by atoms with Crippen molar-refractivity contribution in [1.82, 2.24) is 10.6 Å². The second-order valence-electron chi connectivity index (χ2n) is 7.08. The van der Waals surface area contributed by atoms with Crippen LogP contribution in [0.15, 0.2) is 0 Å². The van der Waals surface area contributed by atoms with E-state index in [1.165, 1.54) is 25.7 Å². The van der Waals surface area contributed by atoms with Crippen molar-refractivity contribution in [2.45, 2.75) is 70.4 Å². The molecule has 0 radical (unpaired) electrons. The lowest BCUT2D eigenvalue weighted by atomic mass is 9.99. The van der Waals surface area contributed by atoms with Crippen LogP contribution in [0, 0.1) is 11.8 Å². The summed E-state index contributed by atoms with van der Waals surface area (Å²) in [4.78, 5) is 24.5. The second-order valence-corrected chi connectivity index (χ2v) is 7.08. The van der Waals surface area contributed by atoms with E-state index in [1.54, 1.807) is 13.8 Å². The number of hydrogen-bond donors (Lipinski definition) is 3. The lowest BCUT2D eigenvalue weighted by molar-refractivity contribution is -0.135. The molecule has 0 saturated heterocycles. The summed E-state index contributed by atoms with van der Waals surface area (Å²) in [6.07, 6.45) is 6.54. The number of nitrogens with one attached hydrogen (secondary N) is 2. The van der Waals surface area contributed by atoms with Gasteiger partial charge in [-0.2, -0.15) is 0 Å². The third-order valence-corrected chi connectivity index (χ3v) is 4.85. The summed E-state index contributed by atoms with van der Waals surface area (Å²) in [5.74, 6) is -0.139. The smallest absolute Gasteiger partial charge is 0.245 e. The van der Waals surface area contributed by atoms with Crippen LogP contribution in [-0.2, 0) is 9.59 Å². The Morgan fingerprint density at radius 1 is 1.10 bits per heavy atom. The van der Waals surface area contributed by atoms with E-state index in [0.717, 1.165) is 6.42 Å². The number of amides is 2. The van der Waals surface area contributed by atoms with Gasteiger partial charge in [-0.3, -0.25) is 9.59 Å². The molecule has 2 rings (SSSR count). The molecule has 2 atom stereocenters. The molecule has 5 heteroatoms. The van der Waals surface area contributed by atoms with Gasteiger partial charge in [0.2, 0.25) is 11.8 Å². The molecule has 3 N–H and O–H groups in total. The number of carbonyl (C=O) groups excluding carboxylic acids is 2. The molecule has 5 nitrogen and oxygen atoms in total. The third-order valence-electron chi connectivity index (χ3n) is 4.85. The monoisotopic (exact) mass is 296 g/mol. The standard InChI is InChI=1S/C16H28N2O3/c1-16(2,15(21)17-10-11-6-3-4-7-11)18-14(20)12-8-5-9-13(12)19/h11-13,19H,3-10H2,1-2H3,(H,17,21)(H,18,20). The molecule has 2 unspecified atom stereocenters. The normalized spacial score (nSPS) is 26.8. The van der Waals surface area contributed by atoms with Gasteiger partial charge in [-0.05, 0) is 51.9 Å². The highest BCUT2D eigenvalue weighted by molar-refractivity contribution is 5.91. The summed E-state index contributed by atoms with van der Waals surface area (Å²) in [6.45, 7) is 4.14. The zero-order chi connectivity index (χ0) is 15.5. The Morgan fingerprint density at radius 3 is 2.33 bits per heavy atom. The summed E-state index contributed by atoms with van der Waals surface area (Å²) < 4.78 is 0. The van der Waals surface area contributed by atoms with Crippen LogP contribution in [0.4, 0.5) is 0 Å². The number of carbonyl (C=O) groups is 2. The van der Waals surface area contributed by atoms with Gasteiger partial charge >= 0.3 is 0 Å². The largest absolute Gasteiger partial charge is 0.392 e. The first-order chi connectivity index (χ1) is 9.90. The van der Waals surface area contributed by atoms with Crippen LogP contribution in [0.1, 0.15) is 58.8 Å². The van der Waals surface area contributed by atoms with Crippen molar-refractivity contribution >= 4 is 11.8 Å². The number of aliphatic hydroxyl groups excluding tert-OH is 1. The van der Waals surface area contributed by atoms with Gasteiger partial charge in [-0.15, -0.1) is 0 Å². The van der Waals surface area contributed by atoms with Crippen LogP contribution in [0.3, 0.4) is 0 Å². The Hall–Kier alpha value is -1.10. The molecule has 2 saturated carbocycles. The van der Waals surface area contributed by atoms with E-state index >= 15 is 0 Å². The zero-order valence-electron chi connectivity index (χ0n) is 13.2. The summed E-state index contributed by atoms with van der Waals surface area (Å²) in [6, 6.07) is 0. The average Bonchev–Trinajstić information content (AvgIpc) is 3.06. The van der Waals surface area contributed by atoms with Gasteiger partial charge in [0.25, 0.3) is 0 Å². The van der Waals surface area contributed by atoms with Gasteiger partial charge in [-0.1, -0.05) is 12.8 Å². The van der Waals surface area contributed by atoms with Gasteiger partial charge in [-0.25, -0.2) is 0 Å². The molecule has 2 fully saturated rings. The average molecular weight is 296 g/mol. The predicted octanol–water partition coefficient (Wildman–Crippen LogP) is 1.35. The highest BCUT2D eigenvalue weighted by Gasteiger charge is 2.36. The molecule has 2 amide bonds. The lowest BCUT2D eigenvalue weighted by Crippen LogP contribution is -2.57. The molecular formula is C16H28N2O3. The van der Waals surface area contributed by atoms with E-state index in [2.05, 4.69) is 10.6 Å². The maximum absolute atomic E-state index is 12.3. The molecule has 21 heavy (non-hydrogen) atoms. The number of rotatable bonds is 5. The van der Waals surface area contributed by atoms with Crippen molar-refractivity contribution in [2.24, 2.45) is 11.8 Å². The Bertz CT molecular complexity index is 389. The van der Waals surface area contributed by atoms with Crippen LogP contribution >= 0.6 is 0 Å². The van der Waals surface area contributed by atoms with Crippen molar-refractivity contribution < 1.29 is 14.7 Å². The summed E-state index contributed by atoms with van der Waals surface area (Å²) in [5, 5.41) is 15.5. The van der Waals surface area contributed by atoms with E-state index in [1.807, 2.05) is 0 Å². The molecule has 0 heterocycles. The summed E-state index contributed by atoms with van der Waals surface area (Å²) in [5.41, 5.74) is -0.933. The minimum Gasteiger partial charge on any atom is -0.392 e. The quantitative estimate of drug-likeness (QED) is 0.716. The van der Waals surface area contributed by atoms with Crippen molar-refractivity contribution in [1.29, 1.82) is 0 Å². The molecule has 0 aromatic rings. The highest BCUT2D eigenvalue weighted by atomic mass is 16.3. The summed E-state index contributed by atoms with van der Waals surface area (Å²) in [7, 11) is 0. The number of hydrogen-bond acceptors (Lipinski definition) is 3. The van der Waals surface area contributed by atoms with Crippen molar-refractivity contribution in [3.05, 3.63) is 0 Å². The van der Waals surface area contributed by atoms with Gasteiger partial charge < -0.3 is 15.7 Å². The third kappa shape index (κ3) is 4.19. The van der Waals surface area contributed by atoms with Gasteiger partial charge in [0.1, 0.15) is 5.54 Å². The van der Waals surface area contributed by atoms with Crippen LogP contribution in [0.25, 0.3) is 0 Å². The van der Waals surface area contributed by atoms with Crippen LogP contribution < -0.4 is 10.6 Å². The first-order valence-electron chi connectivity index (χ1n) is 8.18. The molecule has 0 bridgehead atoms. The highest BCUT2D eigenvalue weighted by Crippen LogP contribution is 2.26. The van der Waals surface area contributed by atoms with Crippen LogP contribution in [-0.4, -0.2) is 35.1 Å². The second kappa shape index (κ2) is 6.77. The van der Waals surface area contributed by atoms with E-state index in [0.29, 0.717) is 25.3 Å². The maximum atomic E-state index is 12.3. The molecule has 0 aliphatic heterocycles. The van der Waals surface area contributed by atoms with E-state index in [9.17, 15) is 14.7 Å². The topological polar surface area (TPSA) is 78.4 Å².